The van der Waals surface area contributed by atoms with Crippen molar-refractivity contribution in [3.05, 3.63) is 106 Å². The maximum absolute atomic E-state index is 10.8. The van der Waals surface area contributed by atoms with Crippen molar-refractivity contribution in [2.24, 2.45) is 5.73 Å². The van der Waals surface area contributed by atoms with E-state index in [0.29, 0.717) is 29.4 Å². The fourth-order valence-corrected chi connectivity index (χ4v) is 4.44. The van der Waals surface area contributed by atoms with Crippen molar-refractivity contribution in [3.8, 4) is 34.5 Å². The third kappa shape index (κ3) is 11.2. The lowest BCUT2D eigenvalue weighted by molar-refractivity contribution is -0.138. The number of aliphatic carboxylic acids is 2. The van der Waals surface area contributed by atoms with Gasteiger partial charge in [0, 0.05) is 0 Å². The number of benzene rings is 4. The highest BCUT2D eigenvalue weighted by atomic mass is 16.5. The summed E-state index contributed by atoms with van der Waals surface area (Å²) in [4.78, 5) is 21.6. The Morgan fingerprint density at radius 3 is 1.87 bits per heavy atom. The van der Waals surface area contributed by atoms with Crippen molar-refractivity contribution in [1.29, 1.82) is 0 Å². The molecule has 0 saturated carbocycles. The van der Waals surface area contributed by atoms with Crippen molar-refractivity contribution < 1.29 is 39.5 Å². The van der Waals surface area contributed by atoms with E-state index in [2.05, 4.69) is 0 Å². The molecule has 0 aliphatic carbocycles. The molecule has 0 spiro atoms. The topological polar surface area (TPSA) is 160 Å². The molecule has 0 fully saturated rings. The average molecular weight is 618 g/mol. The van der Waals surface area contributed by atoms with Gasteiger partial charge in [0.25, 0.3) is 0 Å². The van der Waals surface area contributed by atoms with Crippen molar-refractivity contribution in [2.75, 3.05) is 0 Å². The van der Waals surface area contributed by atoms with Crippen LogP contribution in [0.15, 0.2) is 72.8 Å². The van der Waals surface area contributed by atoms with Crippen LogP contribution in [0.3, 0.4) is 0 Å². The molecule has 4 aromatic rings. The number of ether oxygens (including phenoxy) is 2. The first-order valence-corrected chi connectivity index (χ1v) is 14.7. The van der Waals surface area contributed by atoms with Crippen LogP contribution in [0.25, 0.3) is 0 Å². The van der Waals surface area contributed by atoms with Crippen LogP contribution >= 0.6 is 0 Å². The Labute approximate surface area is 264 Å². The summed E-state index contributed by atoms with van der Waals surface area (Å²) in [5, 5.41) is 36.6. The molecule has 6 N–H and O–H groups in total. The molecular weight excluding hydrogens is 574 g/mol. The standard InChI is InChI=1S/C18H21NO4.C16H16O4.C2H6/c1-3-13-10-14(5-6-16(13)20)23-17-7-4-12(8-11(17)2)9-15(19)18(21)22;1-10-7-12(9-15(18)19)8-11(2)16(10)20-14-5-3-13(17)4-6-14;1-2/h4-8,10,15,20H,3,9,19H2,1-2H3,(H,21,22);3-8,17H,9H2,1-2H3,(H,18,19);1-2H3. The fraction of sp³-hybridized carbons (Fsp3) is 0.278. The number of aromatic hydroxyl groups is 2. The first kappa shape index (κ1) is 36.2. The zero-order valence-corrected chi connectivity index (χ0v) is 26.6. The van der Waals surface area contributed by atoms with E-state index in [1.807, 2.05) is 71.9 Å². The summed E-state index contributed by atoms with van der Waals surface area (Å²) in [6, 6.07) is 19.8. The van der Waals surface area contributed by atoms with Gasteiger partial charge in [0.1, 0.15) is 40.5 Å². The molecule has 0 bridgehead atoms. The smallest absolute Gasteiger partial charge is 0.320 e. The summed E-state index contributed by atoms with van der Waals surface area (Å²) in [5.74, 6) is 1.25. The van der Waals surface area contributed by atoms with Gasteiger partial charge >= 0.3 is 11.9 Å². The Morgan fingerprint density at radius 1 is 0.756 bits per heavy atom. The predicted molar refractivity (Wildman–Crippen MR) is 175 cm³/mol. The quantitative estimate of drug-likeness (QED) is 0.122. The van der Waals surface area contributed by atoms with Gasteiger partial charge in [-0.25, -0.2) is 0 Å². The zero-order chi connectivity index (χ0) is 33.7. The molecule has 1 atom stereocenters. The summed E-state index contributed by atoms with van der Waals surface area (Å²) in [6.45, 7) is 11.6. The van der Waals surface area contributed by atoms with E-state index < -0.39 is 18.0 Å². The summed E-state index contributed by atoms with van der Waals surface area (Å²) in [6.07, 6.45) is 0.991. The van der Waals surface area contributed by atoms with Gasteiger partial charge < -0.3 is 35.6 Å². The monoisotopic (exact) mass is 617 g/mol. The van der Waals surface area contributed by atoms with E-state index >= 15 is 0 Å². The molecule has 1 unspecified atom stereocenters. The summed E-state index contributed by atoms with van der Waals surface area (Å²) >= 11 is 0. The summed E-state index contributed by atoms with van der Waals surface area (Å²) in [7, 11) is 0. The van der Waals surface area contributed by atoms with Gasteiger partial charge in [0.05, 0.1) is 6.42 Å². The van der Waals surface area contributed by atoms with Crippen molar-refractivity contribution in [2.45, 2.75) is 66.8 Å². The Morgan fingerprint density at radius 2 is 1.33 bits per heavy atom. The first-order chi connectivity index (χ1) is 21.4. The highest BCUT2D eigenvalue weighted by Crippen LogP contribution is 2.31. The normalized spacial score (nSPS) is 10.8. The number of aryl methyl sites for hydroxylation is 4. The second-order valence-electron chi connectivity index (χ2n) is 10.2. The molecule has 0 aromatic heterocycles. The minimum atomic E-state index is -1.01. The molecule has 0 aliphatic heterocycles. The molecule has 0 amide bonds. The number of phenolic OH excluding ortho intramolecular Hbond substituents is 2. The van der Waals surface area contributed by atoms with Crippen LogP contribution in [-0.4, -0.2) is 38.4 Å². The number of hydrogen-bond acceptors (Lipinski definition) is 7. The lowest BCUT2D eigenvalue weighted by atomic mass is 10.0. The molecule has 9 nitrogen and oxygen atoms in total. The molecule has 4 aromatic carbocycles. The fourth-order valence-electron chi connectivity index (χ4n) is 4.44. The maximum atomic E-state index is 10.8. The number of carboxylic acid groups (broad SMARTS) is 2. The predicted octanol–water partition coefficient (Wildman–Crippen LogP) is 7.46. The lowest BCUT2D eigenvalue weighted by Crippen LogP contribution is -2.32. The number of carboxylic acids is 2. The van der Waals surface area contributed by atoms with Crippen LogP contribution in [0.4, 0.5) is 0 Å². The third-order valence-electron chi connectivity index (χ3n) is 6.60. The number of phenols is 2. The van der Waals surface area contributed by atoms with E-state index in [9.17, 15) is 19.8 Å². The largest absolute Gasteiger partial charge is 0.508 e. The van der Waals surface area contributed by atoms with Crippen LogP contribution in [0.1, 0.15) is 54.2 Å². The highest BCUT2D eigenvalue weighted by Gasteiger charge is 2.14. The van der Waals surface area contributed by atoms with Crippen molar-refractivity contribution in [1.82, 2.24) is 0 Å². The highest BCUT2D eigenvalue weighted by molar-refractivity contribution is 5.73. The zero-order valence-electron chi connectivity index (χ0n) is 26.6. The van der Waals surface area contributed by atoms with E-state index in [1.165, 1.54) is 0 Å². The molecule has 9 heteroatoms. The van der Waals surface area contributed by atoms with E-state index in [0.717, 1.165) is 33.4 Å². The van der Waals surface area contributed by atoms with Gasteiger partial charge in [-0.3, -0.25) is 9.59 Å². The van der Waals surface area contributed by atoms with Crippen LogP contribution < -0.4 is 15.2 Å². The van der Waals surface area contributed by atoms with Crippen LogP contribution in [0, 0.1) is 20.8 Å². The third-order valence-corrected chi connectivity index (χ3v) is 6.60. The van der Waals surface area contributed by atoms with Gasteiger partial charge in [0.15, 0.2) is 0 Å². The van der Waals surface area contributed by atoms with Gasteiger partial charge in [-0.1, -0.05) is 45.0 Å². The summed E-state index contributed by atoms with van der Waals surface area (Å²) < 4.78 is 11.7. The van der Waals surface area contributed by atoms with Crippen LogP contribution in [0.2, 0.25) is 0 Å². The molecule has 4 rings (SSSR count). The number of rotatable bonds is 10. The first-order valence-electron chi connectivity index (χ1n) is 14.7. The molecule has 0 aliphatic rings. The minimum absolute atomic E-state index is 0.00116. The lowest BCUT2D eigenvalue weighted by Gasteiger charge is -2.13. The van der Waals surface area contributed by atoms with Gasteiger partial charge in [0.2, 0.25) is 0 Å². The number of nitrogens with two attached hydrogens (primary N) is 1. The van der Waals surface area contributed by atoms with E-state index in [-0.39, 0.29) is 24.3 Å². The number of carbonyl (C=O) groups is 2. The van der Waals surface area contributed by atoms with Gasteiger partial charge in [-0.05, 0) is 116 Å². The second kappa shape index (κ2) is 17.3. The Kier molecular flexibility index (Phi) is 13.9. The second-order valence-corrected chi connectivity index (χ2v) is 10.2. The Bertz CT molecular complexity index is 1560. The van der Waals surface area contributed by atoms with Gasteiger partial charge in [-0.15, -0.1) is 0 Å². The molecule has 0 heterocycles. The number of hydrogen-bond donors (Lipinski definition) is 5. The Balaban J connectivity index is 0.000000300. The van der Waals surface area contributed by atoms with Gasteiger partial charge in [-0.2, -0.15) is 0 Å². The van der Waals surface area contributed by atoms with Crippen molar-refractivity contribution >= 4 is 11.9 Å². The molecule has 45 heavy (non-hydrogen) atoms. The van der Waals surface area contributed by atoms with Crippen LogP contribution in [0.5, 0.6) is 34.5 Å². The molecule has 240 valence electrons. The molecular formula is C36H43NO8. The average Bonchev–Trinajstić information content (AvgIpc) is 2.99. The van der Waals surface area contributed by atoms with E-state index in [4.69, 9.17) is 25.4 Å². The SMILES string of the molecule is CC.CCc1cc(Oc2ccc(CC(N)C(=O)O)cc2C)ccc1O.Cc1cc(CC(=O)O)cc(C)c1Oc1ccc(O)cc1. The molecule has 0 saturated heterocycles. The van der Waals surface area contributed by atoms with Crippen LogP contribution in [-0.2, 0) is 28.9 Å². The molecule has 0 radical (unpaired) electrons. The minimum Gasteiger partial charge on any atom is -0.508 e. The Hall–Kier alpha value is -5.02. The summed E-state index contributed by atoms with van der Waals surface area (Å²) in [5.41, 5.74) is 10.6. The van der Waals surface area contributed by atoms with E-state index in [1.54, 1.807) is 42.5 Å². The van der Waals surface area contributed by atoms with Crippen molar-refractivity contribution in [3.63, 3.8) is 0 Å². The maximum Gasteiger partial charge on any atom is 0.320 e.